The summed E-state index contributed by atoms with van der Waals surface area (Å²) in [6, 6.07) is 9.51. The normalized spacial score (nSPS) is 17.8. The van der Waals surface area contributed by atoms with Gasteiger partial charge >= 0.3 is 12.4 Å². The van der Waals surface area contributed by atoms with E-state index in [2.05, 4.69) is 10.1 Å². The highest BCUT2D eigenvalue weighted by atomic mass is 19.4. The molecule has 2 aromatic carbocycles. The van der Waals surface area contributed by atoms with Crippen LogP contribution in [0.4, 0.5) is 28.0 Å². The minimum Gasteiger partial charge on any atom is -0.484 e. The fourth-order valence-electron chi connectivity index (χ4n) is 3.91. The zero-order chi connectivity index (χ0) is 21.4. The number of carbonyl (C=O) groups is 1. The number of halogens is 4. The largest absolute Gasteiger partial charge is 0.573 e. The standard InChI is InChI=1S/C21H20F4N2O3/c22-17-3-1-2-14-8-9-20(30-18(14)17)10-12-27(13-11-20)19(28)26-15-4-6-16(7-5-15)29-21(23,24)25/h1-7H,8-13H2,(H,26,28). The van der Waals surface area contributed by atoms with Gasteiger partial charge in [0.25, 0.3) is 0 Å². The third-order valence-corrected chi connectivity index (χ3v) is 5.52. The van der Waals surface area contributed by atoms with Gasteiger partial charge in [0.05, 0.1) is 0 Å². The van der Waals surface area contributed by atoms with E-state index in [1.54, 1.807) is 11.0 Å². The van der Waals surface area contributed by atoms with Crippen LogP contribution >= 0.6 is 0 Å². The van der Waals surface area contributed by atoms with Crippen LogP contribution in [0.25, 0.3) is 0 Å². The van der Waals surface area contributed by atoms with Crippen LogP contribution in [0, 0.1) is 5.82 Å². The highest BCUT2D eigenvalue weighted by molar-refractivity contribution is 5.89. The van der Waals surface area contributed by atoms with Crippen molar-refractivity contribution in [2.75, 3.05) is 18.4 Å². The number of benzene rings is 2. The van der Waals surface area contributed by atoms with Crippen molar-refractivity contribution >= 4 is 11.7 Å². The number of likely N-dealkylation sites (tertiary alicyclic amines) is 1. The zero-order valence-electron chi connectivity index (χ0n) is 16.0. The third kappa shape index (κ3) is 4.44. The van der Waals surface area contributed by atoms with Crippen molar-refractivity contribution in [3.05, 3.63) is 53.8 Å². The number of piperidine rings is 1. The van der Waals surface area contributed by atoms with E-state index in [0.29, 0.717) is 37.4 Å². The Hall–Kier alpha value is -2.97. The second-order valence-electron chi connectivity index (χ2n) is 7.50. The summed E-state index contributed by atoms with van der Waals surface area (Å²) in [5, 5.41) is 2.67. The maximum Gasteiger partial charge on any atom is 0.573 e. The highest BCUT2D eigenvalue weighted by Gasteiger charge is 2.41. The summed E-state index contributed by atoms with van der Waals surface area (Å²) in [6.07, 6.45) is -2.12. The van der Waals surface area contributed by atoms with Gasteiger partial charge in [-0.3, -0.25) is 0 Å². The number of anilines is 1. The number of para-hydroxylation sites is 1. The van der Waals surface area contributed by atoms with Gasteiger partial charge in [-0.15, -0.1) is 13.2 Å². The molecule has 1 N–H and O–H groups in total. The molecule has 1 saturated heterocycles. The number of urea groups is 1. The molecule has 0 aromatic heterocycles. The van der Waals surface area contributed by atoms with E-state index in [1.165, 1.54) is 18.2 Å². The molecular formula is C21H20F4N2O3. The lowest BCUT2D eigenvalue weighted by molar-refractivity contribution is -0.274. The summed E-state index contributed by atoms with van der Waals surface area (Å²) in [5.41, 5.74) is 0.737. The molecule has 2 amide bonds. The molecule has 4 rings (SSSR count). The average Bonchev–Trinajstić information content (AvgIpc) is 2.70. The van der Waals surface area contributed by atoms with Gasteiger partial charge < -0.3 is 19.7 Å². The van der Waals surface area contributed by atoms with E-state index in [-0.39, 0.29) is 17.6 Å². The summed E-state index contributed by atoms with van der Waals surface area (Å²) in [6.45, 7) is 0.871. The van der Waals surface area contributed by atoms with Crippen molar-refractivity contribution in [2.24, 2.45) is 0 Å². The Morgan fingerprint density at radius 1 is 1.07 bits per heavy atom. The molecule has 5 nitrogen and oxygen atoms in total. The zero-order valence-corrected chi connectivity index (χ0v) is 16.0. The minimum atomic E-state index is -4.76. The van der Waals surface area contributed by atoms with Gasteiger partial charge in [0.15, 0.2) is 11.6 Å². The predicted octanol–water partition coefficient (Wildman–Crippen LogP) is 5.12. The summed E-state index contributed by atoms with van der Waals surface area (Å²) in [5.74, 6) is -0.421. The lowest BCUT2D eigenvalue weighted by Gasteiger charge is -2.44. The van der Waals surface area contributed by atoms with Crippen LogP contribution in [0.1, 0.15) is 24.8 Å². The number of hydrogen-bond donors (Lipinski definition) is 1. The van der Waals surface area contributed by atoms with Crippen molar-refractivity contribution in [1.29, 1.82) is 0 Å². The van der Waals surface area contributed by atoms with Crippen LogP contribution in [0.5, 0.6) is 11.5 Å². The van der Waals surface area contributed by atoms with Crippen LogP contribution in [-0.2, 0) is 6.42 Å². The van der Waals surface area contributed by atoms with Gasteiger partial charge in [0, 0.05) is 31.6 Å². The molecule has 30 heavy (non-hydrogen) atoms. The first kappa shape index (κ1) is 20.3. The number of alkyl halides is 3. The molecule has 0 aliphatic carbocycles. The maximum atomic E-state index is 14.1. The lowest BCUT2D eigenvalue weighted by atomic mass is 9.83. The molecule has 2 aliphatic rings. The average molecular weight is 424 g/mol. The first-order valence-electron chi connectivity index (χ1n) is 9.61. The first-order chi connectivity index (χ1) is 14.2. The van der Waals surface area contributed by atoms with E-state index in [1.807, 2.05) is 6.07 Å². The Kier molecular flexibility index (Phi) is 5.21. The van der Waals surface area contributed by atoms with Crippen LogP contribution in [0.2, 0.25) is 0 Å². The smallest absolute Gasteiger partial charge is 0.484 e. The molecule has 2 aliphatic heterocycles. The number of aryl methyl sites for hydroxylation is 1. The molecular weight excluding hydrogens is 404 g/mol. The fourth-order valence-corrected chi connectivity index (χ4v) is 3.91. The van der Waals surface area contributed by atoms with Crippen LogP contribution < -0.4 is 14.8 Å². The number of hydrogen-bond acceptors (Lipinski definition) is 3. The quantitative estimate of drug-likeness (QED) is 0.682. The molecule has 2 aromatic rings. The molecule has 0 saturated carbocycles. The Morgan fingerprint density at radius 3 is 2.43 bits per heavy atom. The van der Waals surface area contributed by atoms with Gasteiger partial charge in [0.1, 0.15) is 11.4 Å². The number of carbonyl (C=O) groups excluding carboxylic acids is 1. The number of fused-ring (bicyclic) bond motifs is 1. The topological polar surface area (TPSA) is 50.8 Å². The van der Waals surface area contributed by atoms with Gasteiger partial charge in [-0.1, -0.05) is 12.1 Å². The molecule has 0 radical (unpaired) electrons. The summed E-state index contributed by atoms with van der Waals surface area (Å²) in [4.78, 5) is 14.1. The number of rotatable bonds is 2. The van der Waals surface area contributed by atoms with Crippen LogP contribution in [-0.4, -0.2) is 36.0 Å². The third-order valence-electron chi connectivity index (χ3n) is 5.52. The maximum absolute atomic E-state index is 14.1. The molecule has 0 atom stereocenters. The van der Waals surface area contributed by atoms with Gasteiger partial charge in [0.2, 0.25) is 0 Å². The Bertz CT molecular complexity index is 923. The number of amides is 2. The number of ether oxygens (including phenoxy) is 2. The highest BCUT2D eigenvalue weighted by Crippen LogP contribution is 2.40. The molecule has 1 spiro atoms. The predicted molar refractivity (Wildman–Crippen MR) is 101 cm³/mol. The number of nitrogens with one attached hydrogen (secondary N) is 1. The van der Waals surface area contributed by atoms with E-state index < -0.39 is 12.0 Å². The van der Waals surface area contributed by atoms with Crippen molar-refractivity contribution in [3.8, 4) is 11.5 Å². The minimum absolute atomic E-state index is 0.308. The van der Waals surface area contributed by atoms with Crippen LogP contribution in [0.3, 0.4) is 0 Å². The van der Waals surface area contributed by atoms with E-state index >= 15 is 0 Å². The SMILES string of the molecule is O=C(Nc1ccc(OC(F)(F)F)cc1)N1CCC2(CCc3cccc(F)c3O2)CC1. The first-order valence-corrected chi connectivity index (χ1v) is 9.61. The van der Waals surface area contributed by atoms with Gasteiger partial charge in [-0.25, -0.2) is 9.18 Å². The van der Waals surface area contributed by atoms with Crippen LogP contribution in [0.15, 0.2) is 42.5 Å². The monoisotopic (exact) mass is 424 g/mol. The lowest BCUT2D eigenvalue weighted by Crippen LogP contribution is -2.52. The Balaban J connectivity index is 1.33. The van der Waals surface area contributed by atoms with E-state index in [4.69, 9.17) is 4.74 Å². The van der Waals surface area contributed by atoms with E-state index in [0.717, 1.165) is 30.5 Å². The fraction of sp³-hybridized carbons (Fsp3) is 0.381. The van der Waals surface area contributed by atoms with Crippen molar-refractivity contribution < 1.29 is 31.8 Å². The van der Waals surface area contributed by atoms with Crippen molar-refractivity contribution in [2.45, 2.75) is 37.6 Å². The Morgan fingerprint density at radius 2 is 1.77 bits per heavy atom. The molecule has 0 bridgehead atoms. The molecule has 0 unspecified atom stereocenters. The molecule has 160 valence electrons. The summed E-state index contributed by atoms with van der Waals surface area (Å²) in [7, 11) is 0. The van der Waals surface area contributed by atoms with E-state index in [9.17, 15) is 22.4 Å². The second-order valence-corrected chi connectivity index (χ2v) is 7.50. The summed E-state index contributed by atoms with van der Waals surface area (Å²) < 4.78 is 60.6. The van der Waals surface area contributed by atoms with Gasteiger partial charge in [-0.05, 0) is 48.7 Å². The second kappa shape index (κ2) is 7.70. The molecule has 2 heterocycles. The Labute approximate surface area is 170 Å². The van der Waals surface area contributed by atoms with Gasteiger partial charge in [-0.2, -0.15) is 0 Å². The van der Waals surface area contributed by atoms with Crippen molar-refractivity contribution in [3.63, 3.8) is 0 Å². The molecule has 9 heteroatoms. The number of nitrogens with zero attached hydrogens (tertiary/aromatic N) is 1. The summed E-state index contributed by atoms with van der Waals surface area (Å²) >= 11 is 0. The van der Waals surface area contributed by atoms with Crippen molar-refractivity contribution in [1.82, 2.24) is 4.90 Å². The molecule has 1 fully saturated rings.